The molecule has 0 saturated heterocycles. The van der Waals surface area contributed by atoms with E-state index in [4.69, 9.17) is 9.47 Å². The number of hydrogen-bond acceptors (Lipinski definition) is 6. The minimum absolute atomic E-state index is 0.549. The van der Waals surface area contributed by atoms with Gasteiger partial charge in [-0.05, 0) is 53.6 Å². The Morgan fingerprint density at radius 3 is 2.38 bits per heavy atom. The summed E-state index contributed by atoms with van der Waals surface area (Å²) >= 11 is 0. The predicted octanol–water partition coefficient (Wildman–Crippen LogP) is 6.09. The number of nitrogens with zero attached hydrogens (tertiary/aromatic N) is 3. The normalized spacial score (nSPS) is 12.2. The van der Waals surface area contributed by atoms with Gasteiger partial charge in [0.1, 0.15) is 18.1 Å². The highest BCUT2D eigenvalue weighted by atomic mass is 16.5. The average molecular weight is 451 g/mol. The molecular weight excluding hydrogens is 424 g/mol. The van der Waals surface area contributed by atoms with Crippen molar-refractivity contribution in [2.24, 2.45) is 4.99 Å². The number of anilines is 2. The molecule has 0 saturated carbocycles. The first-order valence-electron chi connectivity index (χ1n) is 11.2. The molecule has 1 N–H and O–H groups in total. The molecule has 4 aromatic rings. The van der Waals surface area contributed by atoms with E-state index in [1.165, 1.54) is 5.56 Å². The lowest BCUT2D eigenvalue weighted by Gasteiger charge is -2.26. The molecule has 6 nitrogen and oxygen atoms in total. The third-order valence-corrected chi connectivity index (χ3v) is 5.66. The Labute approximate surface area is 199 Å². The van der Waals surface area contributed by atoms with Crippen molar-refractivity contribution in [3.05, 3.63) is 108 Å². The van der Waals surface area contributed by atoms with Gasteiger partial charge >= 0.3 is 0 Å². The lowest BCUT2D eigenvalue weighted by Crippen LogP contribution is -2.24. The van der Waals surface area contributed by atoms with Crippen LogP contribution in [0.3, 0.4) is 0 Å². The number of pyridine rings is 1. The number of hydrogen-bond donors (Lipinski definition) is 1. The summed E-state index contributed by atoms with van der Waals surface area (Å²) in [6.07, 6.45) is 3.65. The molecule has 0 fully saturated rings. The average Bonchev–Trinajstić information content (AvgIpc) is 2.90. The van der Waals surface area contributed by atoms with Crippen LogP contribution in [0.15, 0.2) is 96.1 Å². The van der Waals surface area contributed by atoms with Crippen molar-refractivity contribution in [2.45, 2.75) is 19.7 Å². The lowest BCUT2D eigenvalue weighted by atomic mass is 10.1. The Morgan fingerprint density at radius 2 is 1.62 bits per heavy atom. The molecule has 1 aliphatic heterocycles. The van der Waals surface area contributed by atoms with E-state index in [1.54, 1.807) is 13.3 Å². The van der Waals surface area contributed by atoms with Crippen LogP contribution in [-0.4, -0.2) is 23.3 Å². The summed E-state index contributed by atoms with van der Waals surface area (Å²) in [5.74, 6) is 2.44. The minimum Gasteiger partial charge on any atom is -0.497 e. The maximum Gasteiger partial charge on any atom is 0.160 e. The van der Waals surface area contributed by atoms with Crippen molar-refractivity contribution in [1.29, 1.82) is 0 Å². The second kappa shape index (κ2) is 10.1. The molecule has 6 heteroatoms. The fraction of sp³-hybridized carbons (Fsp3) is 0.143. The summed E-state index contributed by atoms with van der Waals surface area (Å²) in [6.45, 7) is 2.03. The monoisotopic (exact) mass is 450 g/mol. The van der Waals surface area contributed by atoms with E-state index < -0.39 is 0 Å². The van der Waals surface area contributed by atoms with E-state index in [2.05, 4.69) is 44.5 Å². The Hall–Kier alpha value is -4.32. The van der Waals surface area contributed by atoms with Crippen molar-refractivity contribution in [2.75, 3.05) is 12.4 Å². The van der Waals surface area contributed by atoms with Gasteiger partial charge in [-0.1, -0.05) is 42.5 Å². The van der Waals surface area contributed by atoms with Gasteiger partial charge in [-0.25, -0.2) is 9.98 Å². The standard InChI is InChI=1S/C28H26N4O2/c1-33-24-11-7-21(8-12-24)17-32-18-26-27(15-16-29-28(26)30-20-32)31-23-9-13-25(14-10-23)34-19-22-5-3-2-4-6-22/h2-16,20H,17-19H2,1H3,(H,29,31). The van der Waals surface area contributed by atoms with Crippen LogP contribution >= 0.6 is 0 Å². The van der Waals surface area contributed by atoms with Gasteiger partial charge in [0.25, 0.3) is 0 Å². The first-order valence-corrected chi connectivity index (χ1v) is 11.2. The van der Waals surface area contributed by atoms with Crippen molar-refractivity contribution in [3.63, 3.8) is 0 Å². The quantitative estimate of drug-likeness (QED) is 0.352. The number of fused-ring (bicyclic) bond motifs is 1. The van der Waals surface area contributed by atoms with Crippen LogP contribution in [0.4, 0.5) is 17.2 Å². The van der Waals surface area contributed by atoms with Crippen molar-refractivity contribution < 1.29 is 9.47 Å². The second-order valence-electron chi connectivity index (χ2n) is 8.08. The molecule has 0 amide bonds. The highest BCUT2D eigenvalue weighted by molar-refractivity contribution is 5.73. The maximum absolute atomic E-state index is 5.90. The van der Waals surface area contributed by atoms with E-state index >= 15 is 0 Å². The molecule has 0 spiro atoms. The van der Waals surface area contributed by atoms with Gasteiger partial charge in [0, 0.05) is 36.2 Å². The van der Waals surface area contributed by atoms with Gasteiger partial charge in [0.15, 0.2) is 5.82 Å². The molecule has 0 atom stereocenters. The van der Waals surface area contributed by atoms with Crippen LogP contribution in [0.1, 0.15) is 16.7 Å². The number of aliphatic imine (C=N–C) groups is 1. The fourth-order valence-electron chi connectivity index (χ4n) is 3.84. The summed E-state index contributed by atoms with van der Waals surface area (Å²) in [5, 5.41) is 3.52. The summed E-state index contributed by atoms with van der Waals surface area (Å²) in [7, 11) is 1.68. The largest absolute Gasteiger partial charge is 0.497 e. The van der Waals surface area contributed by atoms with E-state index in [1.807, 2.05) is 67.0 Å². The molecule has 1 aromatic heterocycles. The number of nitrogens with one attached hydrogen (secondary N) is 1. The molecule has 0 bridgehead atoms. The molecule has 2 heterocycles. The van der Waals surface area contributed by atoms with Crippen LogP contribution in [0.25, 0.3) is 0 Å². The van der Waals surface area contributed by atoms with Gasteiger partial charge in [-0.3, -0.25) is 0 Å². The highest BCUT2D eigenvalue weighted by Crippen LogP contribution is 2.31. The first kappa shape index (κ1) is 21.5. The number of benzene rings is 3. The van der Waals surface area contributed by atoms with Crippen LogP contribution in [-0.2, 0) is 19.7 Å². The maximum atomic E-state index is 5.90. The lowest BCUT2D eigenvalue weighted by molar-refractivity contribution is 0.306. The van der Waals surface area contributed by atoms with Crippen LogP contribution < -0.4 is 14.8 Å². The molecule has 0 aliphatic carbocycles. The van der Waals surface area contributed by atoms with E-state index in [9.17, 15) is 0 Å². The Morgan fingerprint density at radius 1 is 0.853 bits per heavy atom. The molecule has 0 unspecified atom stereocenters. The molecule has 170 valence electrons. The van der Waals surface area contributed by atoms with Crippen molar-refractivity contribution in [1.82, 2.24) is 9.88 Å². The zero-order valence-corrected chi connectivity index (χ0v) is 19.0. The van der Waals surface area contributed by atoms with E-state index in [0.29, 0.717) is 6.61 Å². The van der Waals surface area contributed by atoms with E-state index in [-0.39, 0.29) is 0 Å². The van der Waals surface area contributed by atoms with Gasteiger partial charge in [-0.15, -0.1) is 0 Å². The number of ether oxygens (including phenoxy) is 2. The SMILES string of the molecule is COc1ccc(CN2C=Nc3nccc(Nc4ccc(OCc5ccccc5)cc4)c3C2)cc1. The number of methoxy groups -OCH3 is 1. The van der Waals surface area contributed by atoms with Crippen LogP contribution in [0.2, 0.25) is 0 Å². The van der Waals surface area contributed by atoms with Crippen molar-refractivity contribution in [3.8, 4) is 11.5 Å². The van der Waals surface area contributed by atoms with Crippen molar-refractivity contribution >= 4 is 23.5 Å². The van der Waals surface area contributed by atoms with Gasteiger partial charge in [0.2, 0.25) is 0 Å². The Kier molecular flexibility index (Phi) is 6.38. The topological polar surface area (TPSA) is 59.0 Å². The second-order valence-corrected chi connectivity index (χ2v) is 8.08. The van der Waals surface area contributed by atoms with Gasteiger partial charge in [0.05, 0.1) is 13.4 Å². The molecule has 1 aliphatic rings. The Bertz CT molecular complexity index is 1260. The van der Waals surface area contributed by atoms with E-state index in [0.717, 1.165) is 52.9 Å². The molecule has 5 rings (SSSR count). The zero-order chi connectivity index (χ0) is 23.2. The Balaban J connectivity index is 1.24. The molecule has 0 radical (unpaired) electrons. The minimum atomic E-state index is 0.549. The number of aromatic nitrogens is 1. The van der Waals surface area contributed by atoms with Gasteiger partial charge < -0.3 is 19.7 Å². The number of rotatable bonds is 8. The highest BCUT2D eigenvalue weighted by Gasteiger charge is 2.17. The summed E-state index contributed by atoms with van der Waals surface area (Å²) in [5.41, 5.74) is 5.40. The zero-order valence-electron chi connectivity index (χ0n) is 19.0. The van der Waals surface area contributed by atoms with Gasteiger partial charge in [-0.2, -0.15) is 0 Å². The van der Waals surface area contributed by atoms with Crippen LogP contribution in [0, 0.1) is 0 Å². The summed E-state index contributed by atoms with van der Waals surface area (Å²) in [4.78, 5) is 11.2. The molecular formula is C28H26N4O2. The first-order chi connectivity index (χ1) is 16.8. The molecule has 34 heavy (non-hydrogen) atoms. The third-order valence-electron chi connectivity index (χ3n) is 5.66. The fourth-order valence-corrected chi connectivity index (χ4v) is 3.84. The predicted molar refractivity (Wildman–Crippen MR) is 135 cm³/mol. The van der Waals surface area contributed by atoms with Crippen LogP contribution in [0.5, 0.6) is 11.5 Å². The summed E-state index contributed by atoms with van der Waals surface area (Å²) in [6, 6.07) is 28.3. The smallest absolute Gasteiger partial charge is 0.160 e. The third kappa shape index (κ3) is 5.18. The molecule has 3 aromatic carbocycles. The summed E-state index contributed by atoms with van der Waals surface area (Å²) < 4.78 is 11.2.